The van der Waals surface area contributed by atoms with Crippen molar-refractivity contribution in [2.24, 2.45) is 0 Å². The number of aromatic hydroxyl groups is 1. The molecule has 0 aliphatic carbocycles. The van der Waals surface area contributed by atoms with E-state index in [9.17, 15) is 5.11 Å². The Morgan fingerprint density at radius 2 is 1.08 bits per heavy atom. The third-order valence-corrected chi connectivity index (χ3v) is 11.1. The Morgan fingerprint density at radius 1 is 0.508 bits per heavy atom. The van der Waals surface area contributed by atoms with Crippen LogP contribution in [0.1, 0.15) is 52.7 Å². The molecular formula is C54H46N3OPt-. The number of nitrogens with zero attached hydrogens (tertiary/aromatic N) is 3. The van der Waals surface area contributed by atoms with Crippen molar-refractivity contribution in [3.8, 4) is 67.5 Å². The van der Waals surface area contributed by atoms with Gasteiger partial charge in [0.1, 0.15) is 5.75 Å². The van der Waals surface area contributed by atoms with Gasteiger partial charge < -0.3 is 9.67 Å². The second-order valence-electron chi connectivity index (χ2n) is 17.2. The minimum atomic E-state index is -0.0420. The summed E-state index contributed by atoms with van der Waals surface area (Å²) >= 11 is 0. The zero-order chi connectivity index (χ0) is 40.2. The molecule has 9 rings (SSSR count). The molecule has 0 atom stereocenters. The first kappa shape index (κ1) is 39.7. The van der Waals surface area contributed by atoms with Gasteiger partial charge in [0.2, 0.25) is 0 Å². The topological polar surface area (TPSA) is 50.9 Å². The van der Waals surface area contributed by atoms with Gasteiger partial charge in [0.15, 0.2) is 0 Å². The minimum absolute atomic E-state index is 0. The van der Waals surface area contributed by atoms with Crippen molar-refractivity contribution >= 4 is 21.8 Å². The quantitative estimate of drug-likeness (QED) is 0.169. The summed E-state index contributed by atoms with van der Waals surface area (Å²) in [5.74, 6) is 0.192. The summed E-state index contributed by atoms with van der Waals surface area (Å²) in [6, 6.07) is 58.5. The van der Waals surface area contributed by atoms with Crippen molar-refractivity contribution in [1.29, 1.82) is 0 Å². The van der Waals surface area contributed by atoms with Crippen molar-refractivity contribution in [3.05, 3.63) is 181 Å². The third-order valence-electron chi connectivity index (χ3n) is 11.1. The monoisotopic (exact) mass is 947 g/mol. The summed E-state index contributed by atoms with van der Waals surface area (Å²) < 4.78 is 2.37. The molecule has 0 radical (unpaired) electrons. The molecule has 9 aromatic rings. The fourth-order valence-corrected chi connectivity index (χ4v) is 7.93. The fraction of sp³-hybridized carbons (Fsp3) is 0.148. The second kappa shape index (κ2) is 15.6. The van der Waals surface area contributed by atoms with E-state index >= 15 is 0 Å². The van der Waals surface area contributed by atoms with Crippen LogP contribution < -0.4 is 0 Å². The van der Waals surface area contributed by atoms with Crippen LogP contribution in [0.15, 0.2) is 164 Å². The van der Waals surface area contributed by atoms with Crippen molar-refractivity contribution in [1.82, 2.24) is 14.5 Å². The molecule has 0 unspecified atom stereocenters. The molecule has 0 fully saturated rings. The van der Waals surface area contributed by atoms with Crippen LogP contribution in [0.4, 0.5) is 0 Å². The molecule has 0 aliphatic rings. The van der Waals surface area contributed by atoms with Gasteiger partial charge in [0.25, 0.3) is 0 Å². The number of pyridine rings is 2. The number of para-hydroxylation sites is 4. The van der Waals surface area contributed by atoms with E-state index < -0.39 is 0 Å². The SMILES string of the molecule is CC(C)(C)c1cc(-c2cc(-c3[c-]c(-c4cc(-c5cccc6c7ccccc7n(-c7ccccc7)c56)ccn4)ccc3)nc(-c3ccccc3O)c2)cc(C(C)(C)C)c1.[Pt]. The van der Waals surface area contributed by atoms with Crippen LogP contribution in [-0.2, 0) is 31.9 Å². The van der Waals surface area contributed by atoms with Crippen LogP contribution in [-0.4, -0.2) is 19.6 Å². The van der Waals surface area contributed by atoms with Gasteiger partial charge >= 0.3 is 0 Å². The zero-order valence-corrected chi connectivity index (χ0v) is 36.5. The number of aromatic nitrogens is 3. The number of hydrogen-bond donors (Lipinski definition) is 1. The van der Waals surface area contributed by atoms with Gasteiger partial charge in [0.05, 0.1) is 16.7 Å². The molecule has 0 saturated carbocycles. The van der Waals surface area contributed by atoms with E-state index in [4.69, 9.17) is 9.97 Å². The van der Waals surface area contributed by atoms with Crippen LogP contribution in [0.3, 0.4) is 0 Å². The van der Waals surface area contributed by atoms with Gasteiger partial charge in [-0.2, -0.15) is 0 Å². The first-order valence-electron chi connectivity index (χ1n) is 20.0. The van der Waals surface area contributed by atoms with Gasteiger partial charge in [-0.3, -0.25) is 9.97 Å². The van der Waals surface area contributed by atoms with E-state index in [0.717, 1.165) is 56.0 Å². The maximum atomic E-state index is 11.0. The maximum Gasteiger partial charge on any atom is 0.124 e. The number of phenolic OH excluding ortho intramolecular Hbond substituents is 1. The normalized spacial score (nSPS) is 11.8. The average molecular weight is 948 g/mol. The molecule has 3 aromatic heterocycles. The predicted octanol–water partition coefficient (Wildman–Crippen LogP) is 14.0. The molecule has 59 heavy (non-hydrogen) atoms. The molecule has 0 spiro atoms. The number of phenols is 1. The van der Waals surface area contributed by atoms with Crippen molar-refractivity contribution in [2.45, 2.75) is 52.4 Å². The van der Waals surface area contributed by atoms with Crippen molar-refractivity contribution in [2.75, 3.05) is 0 Å². The zero-order valence-electron chi connectivity index (χ0n) is 34.2. The Morgan fingerprint density at radius 3 is 1.81 bits per heavy atom. The van der Waals surface area contributed by atoms with Crippen LogP contribution in [0, 0.1) is 6.07 Å². The van der Waals surface area contributed by atoms with E-state index in [1.165, 1.54) is 27.4 Å². The van der Waals surface area contributed by atoms with Crippen molar-refractivity contribution in [3.63, 3.8) is 0 Å². The molecule has 0 amide bonds. The second-order valence-corrected chi connectivity index (χ2v) is 17.2. The van der Waals surface area contributed by atoms with Crippen LogP contribution in [0.5, 0.6) is 5.75 Å². The molecule has 5 heteroatoms. The van der Waals surface area contributed by atoms with E-state index in [1.54, 1.807) is 6.07 Å². The molecule has 4 nitrogen and oxygen atoms in total. The smallest absolute Gasteiger partial charge is 0.124 e. The number of fused-ring (bicyclic) bond motifs is 3. The largest absolute Gasteiger partial charge is 0.507 e. The standard InChI is InChI=1S/C54H46N3O.Pt/c1-53(2,3)40-29-38(30-41(34-40)54(4,5)6)39-32-48(56-49(33-39)46-21-11-13-25-51(46)58)37-17-14-16-36(28-37)47-31-35(26-27-55-47)43-22-15-23-45-44-20-10-12-24-50(44)57(52(43)45)42-18-8-7-9-19-42;/h7-27,29-34,58H,1-6H3;/q-1;. The first-order chi connectivity index (χ1) is 27.9. The van der Waals surface area contributed by atoms with Gasteiger partial charge in [-0.15, -0.1) is 24.3 Å². The molecule has 0 bridgehead atoms. The van der Waals surface area contributed by atoms with Crippen LogP contribution in [0.25, 0.3) is 83.5 Å². The molecule has 1 N–H and O–H groups in total. The Labute approximate surface area is 361 Å². The van der Waals surface area contributed by atoms with E-state index in [0.29, 0.717) is 11.3 Å². The summed E-state index contributed by atoms with van der Waals surface area (Å²) in [6.07, 6.45) is 1.89. The Balaban J connectivity index is 0.00000484. The van der Waals surface area contributed by atoms with Gasteiger partial charge in [0, 0.05) is 66.2 Å². The number of benzene rings is 6. The van der Waals surface area contributed by atoms with Crippen LogP contribution in [0.2, 0.25) is 0 Å². The van der Waals surface area contributed by atoms with Crippen molar-refractivity contribution < 1.29 is 26.2 Å². The van der Waals surface area contributed by atoms with Gasteiger partial charge in [-0.05, 0) is 81.1 Å². The van der Waals surface area contributed by atoms with E-state index in [2.05, 4.69) is 186 Å². The maximum absolute atomic E-state index is 11.0. The molecular weight excluding hydrogens is 902 g/mol. The minimum Gasteiger partial charge on any atom is -0.507 e. The summed E-state index contributed by atoms with van der Waals surface area (Å²) in [5.41, 5.74) is 15.0. The molecule has 294 valence electrons. The molecule has 0 aliphatic heterocycles. The first-order valence-corrected chi connectivity index (χ1v) is 20.0. The predicted molar refractivity (Wildman–Crippen MR) is 241 cm³/mol. The molecule has 0 saturated heterocycles. The molecule has 6 aromatic carbocycles. The van der Waals surface area contributed by atoms with E-state index in [-0.39, 0.29) is 37.6 Å². The van der Waals surface area contributed by atoms with Crippen LogP contribution >= 0.6 is 0 Å². The summed E-state index contributed by atoms with van der Waals surface area (Å²) in [6.45, 7) is 13.6. The summed E-state index contributed by atoms with van der Waals surface area (Å²) in [4.78, 5) is 10.1. The summed E-state index contributed by atoms with van der Waals surface area (Å²) in [7, 11) is 0. The third kappa shape index (κ3) is 7.66. The Bertz CT molecular complexity index is 2950. The Kier molecular flexibility index (Phi) is 10.5. The molecule has 3 heterocycles. The number of rotatable bonds is 6. The summed E-state index contributed by atoms with van der Waals surface area (Å²) in [5, 5.41) is 13.5. The fourth-order valence-electron chi connectivity index (χ4n) is 7.93. The Hall–Kier alpha value is -6.09. The van der Waals surface area contributed by atoms with Gasteiger partial charge in [-0.1, -0.05) is 150 Å². The van der Waals surface area contributed by atoms with Gasteiger partial charge in [-0.25, -0.2) is 0 Å². The average Bonchev–Trinajstić information content (AvgIpc) is 3.58. The number of hydrogen-bond acceptors (Lipinski definition) is 3. The van der Waals surface area contributed by atoms with E-state index in [1.807, 2.05) is 24.4 Å².